The summed E-state index contributed by atoms with van der Waals surface area (Å²) >= 11 is 0. The molecule has 106 valence electrons. The van der Waals surface area contributed by atoms with Crippen molar-refractivity contribution in [3.8, 4) is 0 Å². The first-order valence-electron chi connectivity index (χ1n) is 5.83. The molecule has 0 saturated carbocycles. The van der Waals surface area contributed by atoms with Crippen LogP contribution in [0.2, 0.25) is 0 Å². The van der Waals surface area contributed by atoms with Gasteiger partial charge in [-0.05, 0) is 24.6 Å². The highest BCUT2D eigenvalue weighted by Crippen LogP contribution is 2.17. The molecule has 1 rings (SSSR count). The number of hydrogen-bond donors (Lipinski definition) is 1. The van der Waals surface area contributed by atoms with E-state index in [4.69, 9.17) is 0 Å². The summed E-state index contributed by atoms with van der Waals surface area (Å²) in [5, 5.41) is 0. The molecule has 0 bridgehead atoms. The molecular weight excluding hydrogens is 269 g/mol. The largest absolute Gasteiger partial charge is 0.298 e. The van der Waals surface area contributed by atoms with E-state index in [0.29, 0.717) is 5.56 Å². The molecule has 0 heterocycles. The van der Waals surface area contributed by atoms with Crippen molar-refractivity contribution in [2.24, 2.45) is 5.41 Å². The third kappa shape index (κ3) is 4.11. The zero-order chi connectivity index (χ0) is 14.8. The minimum Gasteiger partial charge on any atom is -0.298 e. The summed E-state index contributed by atoms with van der Waals surface area (Å²) in [5.41, 5.74) is -0.198. The third-order valence-corrected chi connectivity index (χ3v) is 4.24. The standard InChI is InChI=1S/C13H18FNO3S/c1-9-5-6-10(14)7-11(9)19(17,18)15-8-12(16)13(2,3)4/h5-7,15H,8H2,1-4H3. The summed E-state index contributed by atoms with van der Waals surface area (Å²) < 4.78 is 39.3. The van der Waals surface area contributed by atoms with Crippen molar-refractivity contribution in [1.29, 1.82) is 0 Å². The van der Waals surface area contributed by atoms with Gasteiger partial charge < -0.3 is 0 Å². The van der Waals surface area contributed by atoms with Gasteiger partial charge in [-0.15, -0.1) is 0 Å². The number of ketones is 1. The minimum absolute atomic E-state index is 0.144. The monoisotopic (exact) mass is 287 g/mol. The van der Waals surface area contributed by atoms with Gasteiger partial charge >= 0.3 is 0 Å². The number of benzene rings is 1. The Kier molecular flexibility index (Phi) is 4.47. The molecule has 1 aromatic rings. The third-order valence-electron chi connectivity index (χ3n) is 2.70. The van der Waals surface area contributed by atoms with Crippen LogP contribution in [0.4, 0.5) is 4.39 Å². The zero-order valence-corrected chi connectivity index (χ0v) is 12.3. The van der Waals surface area contributed by atoms with Gasteiger partial charge in [-0.3, -0.25) is 4.79 Å². The first-order chi connectivity index (χ1) is 8.54. The first kappa shape index (κ1) is 15.8. The Hall–Kier alpha value is -1.27. The average molecular weight is 287 g/mol. The van der Waals surface area contributed by atoms with Crippen LogP contribution in [-0.2, 0) is 14.8 Å². The van der Waals surface area contributed by atoms with Gasteiger partial charge in [0, 0.05) is 5.41 Å². The lowest BCUT2D eigenvalue weighted by molar-refractivity contribution is -0.125. The molecule has 0 aliphatic rings. The second-order valence-corrected chi connectivity index (χ2v) is 7.14. The van der Waals surface area contributed by atoms with Gasteiger partial charge in [0.2, 0.25) is 10.0 Å². The lowest BCUT2D eigenvalue weighted by atomic mass is 9.91. The van der Waals surface area contributed by atoms with Crippen molar-refractivity contribution in [3.63, 3.8) is 0 Å². The lowest BCUT2D eigenvalue weighted by Gasteiger charge is -2.17. The second kappa shape index (κ2) is 5.38. The summed E-state index contributed by atoms with van der Waals surface area (Å²) in [6.45, 7) is 6.38. The van der Waals surface area contributed by atoms with Crippen LogP contribution in [0.15, 0.2) is 23.1 Å². The molecule has 6 heteroatoms. The van der Waals surface area contributed by atoms with E-state index in [0.717, 1.165) is 6.07 Å². The first-order valence-corrected chi connectivity index (χ1v) is 7.31. The summed E-state index contributed by atoms with van der Waals surface area (Å²) in [6, 6.07) is 3.52. The summed E-state index contributed by atoms with van der Waals surface area (Å²) in [4.78, 5) is 11.5. The molecule has 1 aromatic carbocycles. The van der Waals surface area contributed by atoms with Gasteiger partial charge in [-0.25, -0.2) is 17.5 Å². The lowest BCUT2D eigenvalue weighted by Crippen LogP contribution is -2.35. The Morgan fingerprint density at radius 2 is 1.89 bits per heavy atom. The van der Waals surface area contributed by atoms with Gasteiger partial charge in [-0.1, -0.05) is 26.8 Å². The minimum atomic E-state index is -3.88. The number of Topliss-reactive ketones (excluding diaryl/α,β-unsaturated/α-hetero) is 1. The fourth-order valence-electron chi connectivity index (χ4n) is 1.37. The van der Waals surface area contributed by atoms with E-state index in [1.54, 1.807) is 27.7 Å². The molecule has 4 nitrogen and oxygen atoms in total. The number of rotatable bonds is 4. The molecule has 0 aliphatic heterocycles. The quantitative estimate of drug-likeness (QED) is 0.921. The number of aryl methyl sites for hydroxylation is 1. The highest BCUT2D eigenvalue weighted by atomic mass is 32.2. The van der Waals surface area contributed by atoms with E-state index in [1.165, 1.54) is 12.1 Å². The van der Waals surface area contributed by atoms with Crippen LogP contribution in [0.5, 0.6) is 0 Å². The Labute approximate surface area is 113 Å². The SMILES string of the molecule is Cc1ccc(F)cc1S(=O)(=O)NCC(=O)C(C)(C)C. The van der Waals surface area contributed by atoms with Crippen molar-refractivity contribution in [1.82, 2.24) is 4.72 Å². The molecule has 19 heavy (non-hydrogen) atoms. The number of nitrogens with one attached hydrogen (secondary N) is 1. The molecule has 0 aromatic heterocycles. The van der Waals surface area contributed by atoms with Crippen molar-refractivity contribution < 1.29 is 17.6 Å². The van der Waals surface area contributed by atoms with Crippen LogP contribution in [0.1, 0.15) is 26.3 Å². The summed E-state index contributed by atoms with van der Waals surface area (Å²) in [7, 11) is -3.88. The van der Waals surface area contributed by atoms with E-state index in [2.05, 4.69) is 4.72 Å². The number of halogens is 1. The number of sulfonamides is 1. The highest BCUT2D eigenvalue weighted by molar-refractivity contribution is 7.89. The fraction of sp³-hybridized carbons (Fsp3) is 0.462. The van der Waals surface area contributed by atoms with Crippen LogP contribution < -0.4 is 4.72 Å². The number of hydrogen-bond acceptors (Lipinski definition) is 3. The van der Waals surface area contributed by atoms with Gasteiger partial charge in [-0.2, -0.15) is 0 Å². The molecule has 0 amide bonds. The zero-order valence-electron chi connectivity index (χ0n) is 11.5. The molecule has 0 saturated heterocycles. The molecular formula is C13H18FNO3S. The predicted molar refractivity (Wildman–Crippen MR) is 70.8 cm³/mol. The van der Waals surface area contributed by atoms with Crippen LogP contribution >= 0.6 is 0 Å². The summed E-state index contributed by atoms with van der Waals surface area (Å²) in [6.07, 6.45) is 0. The van der Waals surface area contributed by atoms with Gasteiger partial charge in [0.1, 0.15) is 5.82 Å². The second-order valence-electron chi connectivity index (χ2n) is 5.41. The molecule has 0 spiro atoms. The van der Waals surface area contributed by atoms with E-state index in [-0.39, 0.29) is 17.2 Å². The molecule has 0 unspecified atom stereocenters. The van der Waals surface area contributed by atoms with E-state index < -0.39 is 21.3 Å². The summed E-state index contributed by atoms with van der Waals surface area (Å²) in [5.74, 6) is -0.863. The fourth-order valence-corrected chi connectivity index (χ4v) is 2.60. The number of carbonyl (C=O) groups excluding carboxylic acids is 1. The van der Waals surface area contributed by atoms with Gasteiger partial charge in [0.25, 0.3) is 0 Å². The highest BCUT2D eigenvalue weighted by Gasteiger charge is 2.24. The van der Waals surface area contributed by atoms with Crippen molar-refractivity contribution in [2.75, 3.05) is 6.54 Å². The van der Waals surface area contributed by atoms with E-state index >= 15 is 0 Å². The smallest absolute Gasteiger partial charge is 0.241 e. The van der Waals surface area contributed by atoms with Crippen molar-refractivity contribution >= 4 is 15.8 Å². The molecule has 0 radical (unpaired) electrons. The van der Waals surface area contributed by atoms with Crippen LogP contribution in [0, 0.1) is 18.2 Å². The Bertz CT molecular complexity index is 588. The van der Waals surface area contributed by atoms with Crippen LogP contribution in [0.25, 0.3) is 0 Å². The Morgan fingerprint density at radius 3 is 2.42 bits per heavy atom. The Balaban J connectivity index is 2.94. The van der Waals surface area contributed by atoms with E-state index in [1.807, 2.05) is 0 Å². The maximum absolute atomic E-state index is 13.1. The van der Waals surface area contributed by atoms with E-state index in [9.17, 15) is 17.6 Å². The molecule has 0 atom stereocenters. The van der Waals surface area contributed by atoms with Crippen molar-refractivity contribution in [2.45, 2.75) is 32.6 Å². The van der Waals surface area contributed by atoms with Gasteiger partial charge in [0.15, 0.2) is 5.78 Å². The molecule has 0 fully saturated rings. The molecule has 0 aliphatic carbocycles. The van der Waals surface area contributed by atoms with Crippen LogP contribution in [-0.4, -0.2) is 20.7 Å². The van der Waals surface area contributed by atoms with Crippen LogP contribution in [0.3, 0.4) is 0 Å². The molecule has 1 N–H and O–H groups in total. The Morgan fingerprint density at radius 1 is 1.32 bits per heavy atom. The average Bonchev–Trinajstić information content (AvgIpc) is 2.28. The predicted octanol–water partition coefficient (Wildman–Crippen LogP) is 2.03. The normalized spacial score (nSPS) is 12.5. The number of carbonyl (C=O) groups is 1. The maximum Gasteiger partial charge on any atom is 0.241 e. The van der Waals surface area contributed by atoms with Crippen molar-refractivity contribution in [3.05, 3.63) is 29.6 Å². The van der Waals surface area contributed by atoms with Gasteiger partial charge in [0.05, 0.1) is 11.4 Å². The maximum atomic E-state index is 13.1. The topological polar surface area (TPSA) is 63.2 Å².